The molecule has 7 heavy (non-hydrogen) atoms. The Morgan fingerprint density at radius 2 is 0.286 bits per heavy atom. The molecule has 0 heterocycles. The maximum Gasteiger partial charge on any atom is -0.0776 e. The number of rotatable bonds is 0. The van der Waals surface area contributed by atoms with E-state index < -0.39 is 0 Å². The number of halogens is 2. The molecular formula is C5H22I2. The van der Waals surface area contributed by atoms with Crippen molar-refractivity contribution in [2.24, 2.45) is 0 Å². The lowest BCUT2D eigenvalue weighted by Crippen LogP contribution is 0.143. The minimum Gasteiger partial charge on any atom is -0.107 e. The Labute approximate surface area is 84.5 Å². The summed E-state index contributed by atoms with van der Waals surface area (Å²) in [6, 6.07) is 0. The minimum absolute atomic E-state index is 0. The van der Waals surface area contributed by atoms with Crippen molar-refractivity contribution >= 4 is 48.0 Å². The molecule has 0 spiro atoms. The van der Waals surface area contributed by atoms with Gasteiger partial charge in [0.2, 0.25) is 0 Å². The normalized spacial score (nSPS) is 0. The molecule has 0 atom stereocenters. The lowest BCUT2D eigenvalue weighted by atomic mass is 12.0. The van der Waals surface area contributed by atoms with Crippen LogP contribution in [0.1, 0.15) is 37.1 Å². The van der Waals surface area contributed by atoms with Gasteiger partial charge in [0.05, 0.1) is 0 Å². The van der Waals surface area contributed by atoms with Crippen molar-refractivity contribution in [3.8, 4) is 0 Å². The van der Waals surface area contributed by atoms with Gasteiger partial charge in [-0.05, 0) is 0 Å². The molecule has 0 bridgehead atoms. The second-order valence-electron chi connectivity index (χ2n) is 0. The maximum absolute atomic E-state index is 0. The molecule has 0 aromatic carbocycles. The molecule has 0 fully saturated rings. The van der Waals surface area contributed by atoms with E-state index in [-0.39, 0.29) is 85.1 Å². The lowest BCUT2D eigenvalue weighted by molar-refractivity contribution is 2.50. The van der Waals surface area contributed by atoms with Crippen LogP contribution in [0, 0.1) is 0 Å². The van der Waals surface area contributed by atoms with Crippen LogP contribution >= 0.6 is 48.0 Å². The van der Waals surface area contributed by atoms with Gasteiger partial charge in [-0.25, -0.2) is 0 Å². The van der Waals surface area contributed by atoms with Crippen LogP contribution in [-0.2, 0) is 0 Å². The summed E-state index contributed by atoms with van der Waals surface area (Å²) in [6.45, 7) is 0. The molecule has 0 amide bonds. The summed E-state index contributed by atoms with van der Waals surface area (Å²) >= 11 is 0. The molecule has 0 aliphatic carbocycles. The average molecular weight is 336 g/mol. The minimum atomic E-state index is 0. The second kappa shape index (κ2) is 146. The van der Waals surface area contributed by atoms with Gasteiger partial charge < -0.3 is 0 Å². The van der Waals surface area contributed by atoms with Crippen LogP contribution in [0.2, 0.25) is 0 Å². The molecule has 0 saturated heterocycles. The third-order valence-electron chi connectivity index (χ3n) is 0. The Hall–Kier alpha value is 1.46. The smallest absolute Gasteiger partial charge is 0.0776 e. The van der Waals surface area contributed by atoms with Crippen molar-refractivity contribution in [2.75, 3.05) is 0 Å². The van der Waals surface area contributed by atoms with E-state index in [2.05, 4.69) is 0 Å². The summed E-state index contributed by atoms with van der Waals surface area (Å²) in [5, 5.41) is 0. The summed E-state index contributed by atoms with van der Waals surface area (Å²) in [5.41, 5.74) is 0. The van der Waals surface area contributed by atoms with E-state index in [0.29, 0.717) is 0 Å². The van der Waals surface area contributed by atoms with Gasteiger partial charge in [0.25, 0.3) is 0 Å². The van der Waals surface area contributed by atoms with Gasteiger partial charge in [-0.2, -0.15) is 0 Å². The Balaban J connectivity index is 0. The number of hydrogen-bond acceptors (Lipinski definition) is 0. The van der Waals surface area contributed by atoms with Crippen LogP contribution in [0.3, 0.4) is 0 Å². The van der Waals surface area contributed by atoms with Crippen molar-refractivity contribution in [1.29, 1.82) is 0 Å². The molecule has 0 saturated carbocycles. The third kappa shape index (κ3) is 104. The zero-order valence-electron chi connectivity index (χ0n) is 0.816. The summed E-state index contributed by atoms with van der Waals surface area (Å²) in [7, 11) is 0. The first-order valence-electron chi connectivity index (χ1n) is 0. The quantitative estimate of drug-likeness (QED) is 0.575. The van der Waals surface area contributed by atoms with Crippen molar-refractivity contribution in [3.05, 3.63) is 0 Å². The molecule has 0 N–H and O–H groups in total. The molecule has 0 nitrogen and oxygen atoms in total. The van der Waals surface area contributed by atoms with Crippen molar-refractivity contribution < 1.29 is 0 Å². The molecule has 0 aromatic rings. The number of hydrogen-bond donors (Lipinski definition) is 0. The highest BCUT2D eigenvalue weighted by Crippen LogP contribution is 0.887. The van der Waals surface area contributed by atoms with E-state index in [0.717, 1.165) is 0 Å². The van der Waals surface area contributed by atoms with E-state index in [9.17, 15) is 0 Å². The standard InChI is InChI=1S/5CH4.2HI/h5*1H4;2*1H. The average Bonchev–Trinajstić information content (AvgIpc) is 0. The fourth-order valence-corrected chi connectivity index (χ4v) is 0. The molecule has 56 valence electrons. The van der Waals surface area contributed by atoms with Crippen LogP contribution in [0.25, 0.3) is 0 Å². The zero-order chi connectivity index (χ0) is 0. The summed E-state index contributed by atoms with van der Waals surface area (Å²) in [5.74, 6) is 0. The van der Waals surface area contributed by atoms with Gasteiger partial charge in [-0.3, -0.25) is 0 Å². The van der Waals surface area contributed by atoms with Crippen molar-refractivity contribution in [3.63, 3.8) is 0 Å². The van der Waals surface area contributed by atoms with E-state index in [4.69, 9.17) is 0 Å². The van der Waals surface area contributed by atoms with Gasteiger partial charge in [-0.15, -0.1) is 48.0 Å². The Bertz CT molecular complexity index is 6.04. The van der Waals surface area contributed by atoms with Crippen LogP contribution < -0.4 is 0 Å². The second-order valence-corrected chi connectivity index (χ2v) is 0. The predicted octanol–water partition coefficient (Wildman–Crippen LogP) is 4.42. The predicted molar refractivity (Wildman–Crippen MR) is 64.5 cm³/mol. The van der Waals surface area contributed by atoms with Crippen LogP contribution in [0.4, 0.5) is 0 Å². The van der Waals surface area contributed by atoms with Crippen LogP contribution in [0.15, 0.2) is 0 Å². The molecule has 0 aromatic heterocycles. The zero-order valence-corrected chi connectivity index (χ0v) is 5.48. The first-order chi connectivity index (χ1) is 0. The fraction of sp³-hybridized carbons (Fsp3) is 1.00. The van der Waals surface area contributed by atoms with Gasteiger partial charge in [-0.1, -0.05) is 37.1 Å². The van der Waals surface area contributed by atoms with E-state index in [1.807, 2.05) is 0 Å². The highest BCUT2D eigenvalue weighted by Gasteiger charge is -0.0733. The Morgan fingerprint density at radius 3 is 0.286 bits per heavy atom. The first kappa shape index (κ1) is 221. The first-order valence-corrected chi connectivity index (χ1v) is 0. The Kier molecular flexibility index (Phi) is 4610. The summed E-state index contributed by atoms with van der Waals surface area (Å²) in [4.78, 5) is 0. The van der Waals surface area contributed by atoms with Crippen LogP contribution in [-0.4, -0.2) is 0 Å². The van der Waals surface area contributed by atoms with Gasteiger partial charge in [0.15, 0.2) is 0 Å². The van der Waals surface area contributed by atoms with Gasteiger partial charge >= 0.3 is 0 Å². The molecule has 2 heteroatoms. The van der Waals surface area contributed by atoms with Crippen molar-refractivity contribution in [2.45, 2.75) is 37.1 Å². The van der Waals surface area contributed by atoms with E-state index >= 15 is 0 Å². The fourth-order valence-electron chi connectivity index (χ4n) is 0. The van der Waals surface area contributed by atoms with E-state index in [1.54, 1.807) is 0 Å². The molecule has 0 rings (SSSR count). The highest BCUT2D eigenvalue weighted by atomic mass is 127. The van der Waals surface area contributed by atoms with E-state index in [1.165, 1.54) is 0 Å². The Morgan fingerprint density at radius 1 is 0.286 bits per heavy atom. The molecule has 0 aliphatic heterocycles. The molecular weight excluding hydrogens is 314 g/mol. The largest absolute Gasteiger partial charge is 0.107 e. The third-order valence-corrected chi connectivity index (χ3v) is 0. The summed E-state index contributed by atoms with van der Waals surface area (Å²) in [6.07, 6.45) is 0. The maximum atomic E-state index is 0. The van der Waals surface area contributed by atoms with Gasteiger partial charge in [0, 0.05) is 0 Å². The highest BCUT2D eigenvalue weighted by molar-refractivity contribution is 14.0. The molecule has 0 aliphatic rings. The monoisotopic (exact) mass is 336 g/mol. The SMILES string of the molecule is C.C.C.C.C.I.I. The lowest BCUT2D eigenvalue weighted by Gasteiger charge is -0.108. The van der Waals surface area contributed by atoms with Gasteiger partial charge in [0.1, 0.15) is 0 Å². The van der Waals surface area contributed by atoms with Crippen molar-refractivity contribution in [1.82, 2.24) is 0 Å². The summed E-state index contributed by atoms with van der Waals surface area (Å²) < 4.78 is 0. The molecule has 0 radical (unpaired) electrons. The topological polar surface area (TPSA) is 0 Å². The molecule has 0 unspecified atom stereocenters. The van der Waals surface area contributed by atoms with Crippen LogP contribution in [0.5, 0.6) is 0 Å².